The van der Waals surface area contributed by atoms with Crippen molar-refractivity contribution in [2.45, 2.75) is 32.4 Å². The van der Waals surface area contributed by atoms with E-state index in [1.54, 1.807) is 6.20 Å². The molecule has 0 bridgehead atoms. The quantitative estimate of drug-likeness (QED) is 0.854. The molecule has 0 amide bonds. The average molecular weight is 230 g/mol. The number of nitrogens with two attached hydrogens (primary N) is 1. The molecule has 90 valence electrons. The molecular weight excluding hydrogens is 212 g/mol. The first-order valence-electron chi connectivity index (χ1n) is 5.96. The summed E-state index contributed by atoms with van der Waals surface area (Å²) < 4.78 is 2.09. The first-order valence-corrected chi connectivity index (χ1v) is 5.96. The molecule has 17 heavy (non-hydrogen) atoms. The van der Waals surface area contributed by atoms with E-state index in [9.17, 15) is 0 Å². The zero-order valence-electron chi connectivity index (χ0n) is 10.1. The molecule has 1 unspecified atom stereocenters. The minimum absolute atomic E-state index is 0.00911. The first kappa shape index (κ1) is 11.8. The number of nitrogens with zero attached hydrogens (tertiary/aromatic N) is 3. The van der Waals surface area contributed by atoms with Crippen molar-refractivity contribution in [3.8, 4) is 0 Å². The zero-order chi connectivity index (χ0) is 12.1. The van der Waals surface area contributed by atoms with Crippen LogP contribution in [0.2, 0.25) is 0 Å². The number of hydrogen-bond acceptors (Lipinski definition) is 3. The van der Waals surface area contributed by atoms with Crippen molar-refractivity contribution in [3.63, 3.8) is 0 Å². The van der Waals surface area contributed by atoms with Crippen molar-refractivity contribution in [1.29, 1.82) is 0 Å². The molecule has 0 spiro atoms. The van der Waals surface area contributed by atoms with Gasteiger partial charge < -0.3 is 10.3 Å². The van der Waals surface area contributed by atoms with Gasteiger partial charge in [0.2, 0.25) is 0 Å². The van der Waals surface area contributed by atoms with Gasteiger partial charge in [0, 0.05) is 31.3 Å². The van der Waals surface area contributed by atoms with Crippen molar-refractivity contribution < 1.29 is 0 Å². The number of pyridine rings is 1. The predicted molar refractivity (Wildman–Crippen MR) is 67.4 cm³/mol. The van der Waals surface area contributed by atoms with Crippen LogP contribution in [0.25, 0.3) is 0 Å². The van der Waals surface area contributed by atoms with E-state index in [-0.39, 0.29) is 6.04 Å². The van der Waals surface area contributed by atoms with E-state index in [0.717, 1.165) is 25.2 Å². The van der Waals surface area contributed by atoms with Gasteiger partial charge in [-0.25, -0.2) is 4.98 Å². The summed E-state index contributed by atoms with van der Waals surface area (Å²) in [5, 5.41) is 0. The molecule has 0 radical (unpaired) electrons. The molecule has 0 aliphatic carbocycles. The lowest BCUT2D eigenvalue weighted by Crippen LogP contribution is -2.17. The topological polar surface area (TPSA) is 56.7 Å². The van der Waals surface area contributed by atoms with E-state index in [1.165, 1.54) is 5.56 Å². The Morgan fingerprint density at radius 3 is 3.00 bits per heavy atom. The van der Waals surface area contributed by atoms with Gasteiger partial charge in [-0.05, 0) is 31.4 Å². The van der Waals surface area contributed by atoms with Gasteiger partial charge in [-0.15, -0.1) is 0 Å². The summed E-state index contributed by atoms with van der Waals surface area (Å²) in [7, 11) is 0. The Kier molecular flexibility index (Phi) is 3.88. The lowest BCUT2D eigenvalue weighted by molar-refractivity contribution is 0.566. The number of rotatable bonds is 5. The second-order valence-corrected chi connectivity index (χ2v) is 4.08. The van der Waals surface area contributed by atoms with Crippen LogP contribution in [0.5, 0.6) is 0 Å². The van der Waals surface area contributed by atoms with Crippen molar-refractivity contribution in [2.75, 3.05) is 0 Å². The third-order valence-electron chi connectivity index (χ3n) is 2.89. The highest BCUT2D eigenvalue weighted by molar-refractivity contribution is 5.09. The van der Waals surface area contributed by atoms with Gasteiger partial charge in [-0.2, -0.15) is 0 Å². The van der Waals surface area contributed by atoms with Crippen LogP contribution in [0.1, 0.15) is 30.8 Å². The van der Waals surface area contributed by atoms with Gasteiger partial charge in [0.15, 0.2) is 0 Å². The van der Waals surface area contributed by atoms with Crippen LogP contribution in [-0.2, 0) is 13.0 Å². The lowest BCUT2D eigenvalue weighted by atomic mass is 10.1. The molecule has 2 aromatic heterocycles. The summed E-state index contributed by atoms with van der Waals surface area (Å²) in [6.07, 6.45) is 9.28. The van der Waals surface area contributed by atoms with E-state index < -0.39 is 0 Å². The van der Waals surface area contributed by atoms with Crippen molar-refractivity contribution in [3.05, 3.63) is 48.3 Å². The predicted octanol–water partition coefficient (Wildman–Crippen LogP) is 1.93. The Bertz CT molecular complexity index is 449. The molecule has 0 aliphatic rings. The van der Waals surface area contributed by atoms with Crippen LogP contribution in [0.15, 0.2) is 36.9 Å². The summed E-state index contributed by atoms with van der Waals surface area (Å²) in [6, 6.07) is 4.02. The summed E-state index contributed by atoms with van der Waals surface area (Å²) in [6.45, 7) is 3.01. The highest BCUT2D eigenvalue weighted by Crippen LogP contribution is 2.14. The van der Waals surface area contributed by atoms with E-state index in [4.69, 9.17) is 5.73 Å². The van der Waals surface area contributed by atoms with Gasteiger partial charge in [-0.3, -0.25) is 4.98 Å². The van der Waals surface area contributed by atoms with Gasteiger partial charge in [0.1, 0.15) is 5.82 Å². The smallest absolute Gasteiger partial charge is 0.125 e. The Labute approximate surface area is 102 Å². The number of hydrogen-bond donors (Lipinski definition) is 1. The fraction of sp³-hybridized carbons (Fsp3) is 0.385. The molecule has 1 atom stereocenters. The average Bonchev–Trinajstić information content (AvgIpc) is 2.85. The van der Waals surface area contributed by atoms with Crippen LogP contribution in [0, 0.1) is 0 Å². The second-order valence-electron chi connectivity index (χ2n) is 4.08. The number of imidazole rings is 1. The molecule has 2 rings (SSSR count). The molecular formula is C13H18N4. The molecule has 0 aliphatic heterocycles. The minimum atomic E-state index is -0.00911. The second kappa shape index (κ2) is 5.59. The molecule has 0 fully saturated rings. The van der Waals surface area contributed by atoms with Crippen LogP contribution in [-0.4, -0.2) is 14.5 Å². The fourth-order valence-corrected chi connectivity index (χ4v) is 1.91. The molecule has 0 saturated heterocycles. The molecule has 0 saturated carbocycles. The number of aromatic nitrogens is 3. The maximum atomic E-state index is 6.16. The maximum absolute atomic E-state index is 6.16. The Hall–Kier alpha value is -1.68. The Morgan fingerprint density at radius 2 is 2.29 bits per heavy atom. The van der Waals surface area contributed by atoms with E-state index >= 15 is 0 Å². The van der Waals surface area contributed by atoms with Crippen molar-refractivity contribution >= 4 is 0 Å². The molecule has 4 heteroatoms. The summed E-state index contributed by atoms with van der Waals surface area (Å²) >= 11 is 0. The van der Waals surface area contributed by atoms with Crippen LogP contribution >= 0.6 is 0 Å². The monoisotopic (exact) mass is 230 g/mol. The zero-order valence-corrected chi connectivity index (χ0v) is 10.1. The first-order chi connectivity index (χ1) is 8.31. The lowest BCUT2D eigenvalue weighted by Gasteiger charge is -2.12. The highest BCUT2D eigenvalue weighted by atomic mass is 15.1. The van der Waals surface area contributed by atoms with Crippen LogP contribution in [0.3, 0.4) is 0 Å². The van der Waals surface area contributed by atoms with Crippen molar-refractivity contribution in [1.82, 2.24) is 14.5 Å². The minimum Gasteiger partial charge on any atom is -0.334 e. The fourth-order valence-electron chi connectivity index (χ4n) is 1.91. The number of aryl methyl sites for hydroxylation is 2. The molecule has 2 N–H and O–H groups in total. The highest BCUT2D eigenvalue weighted by Gasteiger charge is 2.11. The van der Waals surface area contributed by atoms with Crippen LogP contribution in [0.4, 0.5) is 0 Å². The van der Waals surface area contributed by atoms with E-state index in [0.29, 0.717) is 0 Å². The molecule has 4 nitrogen and oxygen atoms in total. The van der Waals surface area contributed by atoms with Gasteiger partial charge in [0.25, 0.3) is 0 Å². The largest absolute Gasteiger partial charge is 0.334 e. The molecule has 2 heterocycles. The Morgan fingerprint density at radius 1 is 1.41 bits per heavy atom. The molecule has 0 aromatic carbocycles. The maximum Gasteiger partial charge on any atom is 0.125 e. The van der Waals surface area contributed by atoms with Crippen molar-refractivity contribution in [2.24, 2.45) is 5.73 Å². The summed E-state index contributed by atoms with van der Waals surface area (Å²) in [4.78, 5) is 8.42. The third-order valence-corrected chi connectivity index (χ3v) is 2.89. The SMILES string of the molecule is CCn1ccnc1C(N)CCc1cccnc1. The third kappa shape index (κ3) is 2.91. The van der Waals surface area contributed by atoms with E-state index in [2.05, 4.69) is 27.5 Å². The van der Waals surface area contributed by atoms with Gasteiger partial charge in [0.05, 0.1) is 6.04 Å². The summed E-state index contributed by atoms with van der Waals surface area (Å²) in [5.41, 5.74) is 7.38. The van der Waals surface area contributed by atoms with Crippen LogP contribution < -0.4 is 5.73 Å². The van der Waals surface area contributed by atoms with Gasteiger partial charge >= 0.3 is 0 Å². The van der Waals surface area contributed by atoms with Gasteiger partial charge in [-0.1, -0.05) is 6.07 Å². The summed E-state index contributed by atoms with van der Waals surface area (Å²) in [5.74, 6) is 0.969. The molecule has 2 aromatic rings. The Balaban J connectivity index is 1.96. The standard InChI is InChI=1S/C13H18N4/c1-2-17-9-8-16-13(17)12(14)6-5-11-4-3-7-15-10-11/h3-4,7-10,12H,2,5-6,14H2,1H3. The van der Waals surface area contributed by atoms with E-state index in [1.807, 2.05) is 24.7 Å². The normalized spacial score (nSPS) is 12.6.